The third-order valence-electron chi connectivity index (χ3n) is 2.03. The number of carbonyl (C=O) groups is 1. The van der Waals surface area contributed by atoms with Crippen LogP contribution in [0.15, 0.2) is 22.8 Å². The molecule has 0 saturated carbocycles. The number of amides is 1. The molecule has 84 valence electrons. The van der Waals surface area contributed by atoms with Crippen molar-refractivity contribution in [3.63, 3.8) is 0 Å². The van der Waals surface area contributed by atoms with Crippen molar-refractivity contribution in [2.24, 2.45) is 0 Å². The number of hydrogen-bond donors (Lipinski definition) is 2. The van der Waals surface area contributed by atoms with Gasteiger partial charge in [0.1, 0.15) is 5.76 Å². The van der Waals surface area contributed by atoms with Crippen molar-refractivity contribution in [3.8, 4) is 0 Å². The molecule has 1 heterocycles. The summed E-state index contributed by atoms with van der Waals surface area (Å²) in [7, 11) is 0. The van der Waals surface area contributed by atoms with Gasteiger partial charge in [-0.15, -0.1) is 0 Å². The maximum absolute atomic E-state index is 11.3. The Kier molecular flexibility index (Phi) is 4.90. The van der Waals surface area contributed by atoms with Gasteiger partial charge in [-0.2, -0.15) is 0 Å². The fourth-order valence-electron chi connectivity index (χ4n) is 1.35. The predicted octanol–water partition coefficient (Wildman–Crippen LogP) is 0.936. The normalized spacial score (nSPS) is 12.4. The van der Waals surface area contributed by atoms with E-state index in [-0.39, 0.29) is 11.9 Å². The number of carbonyl (C=O) groups excluding carboxylic acids is 1. The Balaban J connectivity index is 2.23. The molecule has 0 bridgehead atoms. The standard InChI is InChI=1S/C11H18N2O2/c1-3-12-8-11(14)13-9(2)7-10-5-4-6-15-10/h4-6,9,12H,3,7-8H2,1-2H3,(H,13,14). The highest BCUT2D eigenvalue weighted by Gasteiger charge is 2.08. The van der Waals surface area contributed by atoms with Crippen LogP contribution in [0.4, 0.5) is 0 Å². The molecule has 1 aromatic rings. The summed E-state index contributed by atoms with van der Waals surface area (Å²) in [5.74, 6) is 0.919. The van der Waals surface area contributed by atoms with Crippen LogP contribution in [0.2, 0.25) is 0 Å². The van der Waals surface area contributed by atoms with Crippen LogP contribution >= 0.6 is 0 Å². The van der Waals surface area contributed by atoms with E-state index in [0.717, 1.165) is 18.7 Å². The van der Waals surface area contributed by atoms with Gasteiger partial charge in [0, 0.05) is 12.5 Å². The van der Waals surface area contributed by atoms with Crippen molar-refractivity contribution in [1.29, 1.82) is 0 Å². The van der Waals surface area contributed by atoms with Gasteiger partial charge in [0.05, 0.1) is 12.8 Å². The number of likely N-dealkylation sites (N-methyl/N-ethyl adjacent to an activating group) is 1. The lowest BCUT2D eigenvalue weighted by Gasteiger charge is -2.12. The second kappa shape index (κ2) is 6.24. The highest BCUT2D eigenvalue weighted by molar-refractivity contribution is 5.78. The summed E-state index contributed by atoms with van der Waals surface area (Å²) in [5, 5.41) is 5.87. The topological polar surface area (TPSA) is 54.3 Å². The summed E-state index contributed by atoms with van der Waals surface area (Å²) >= 11 is 0. The molecule has 1 amide bonds. The number of nitrogens with one attached hydrogen (secondary N) is 2. The largest absolute Gasteiger partial charge is 0.469 e. The first-order valence-electron chi connectivity index (χ1n) is 5.24. The van der Waals surface area contributed by atoms with Crippen molar-refractivity contribution in [2.75, 3.05) is 13.1 Å². The van der Waals surface area contributed by atoms with E-state index in [4.69, 9.17) is 4.42 Å². The van der Waals surface area contributed by atoms with Crippen molar-refractivity contribution < 1.29 is 9.21 Å². The monoisotopic (exact) mass is 210 g/mol. The zero-order valence-electron chi connectivity index (χ0n) is 9.25. The molecule has 0 spiro atoms. The lowest BCUT2D eigenvalue weighted by atomic mass is 10.2. The van der Waals surface area contributed by atoms with Gasteiger partial charge < -0.3 is 15.1 Å². The highest BCUT2D eigenvalue weighted by Crippen LogP contribution is 2.03. The van der Waals surface area contributed by atoms with E-state index < -0.39 is 0 Å². The van der Waals surface area contributed by atoms with Gasteiger partial charge in [0.15, 0.2) is 0 Å². The fraction of sp³-hybridized carbons (Fsp3) is 0.545. The average molecular weight is 210 g/mol. The molecule has 1 unspecified atom stereocenters. The van der Waals surface area contributed by atoms with Crippen LogP contribution in [0.5, 0.6) is 0 Å². The quantitative estimate of drug-likeness (QED) is 0.734. The van der Waals surface area contributed by atoms with E-state index in [1.165, 1.54) is 0 Å². The van der Waals surface area contributed by atoms with Crippen LogP contribution in [-0.4, -0.2) is 25.0 Å². The van der Waals surface area contributed by atoms with Gasteiger partial charge in [-0.25, -0.2) is 0 Å². The van der Waals surface area contributed by atoms with Gasteiger partial charge in [-0.05, 0) is 25.6 Å². The Labute approximate surface area is 90.0 Å². The van der Waals surface area contributed by atoms with Gasteiger partial charge in [-0.3, -0.25) is 4.79 Å². The lowest BCUT2D eigenvalue weighted by Crippen LogP contribution is -2.39. The average Bonchev–Trinajstić information content (AvgIpc) is 2.67. The zero-order chi connectivity index (χ0) is 11.1. The molecule has 0 aromatic carbocycles. The summed E-state index contributed by atoms with van der Waals surface area (Å²) in [6.07, 6.45) is 2.37. The fourth-order valence-corrected chi connectivity index (χ4v) is 1.35. The lowest BCUT2D eigenvalue weighted by molar-refractivity contribution is -0.120. The molecule has 0 radical (unpaired) electrons. The van der Waals surface area contributed by atoms with Crippen LogP contribution in [0.3, 0.4) is 0 Å². The molecule has 0 aliphatic rings. The first-order chi connectivity index (χ1) is 7.22. The van der Waals surface area contributed by atoms with Crippen LogP contribution < -0.4 is 10.6 Å². The minimum absolute atomic E-state index is 0.0240. The number of furan rings is 1. The van der Waals surface area contributed by atoms with E-state index in [1.807, 2.05) is 26.0 Å². The Hall–Kier alpha value is -1.29. The zero-order valence-corrected chi connectivity index (χ0v) is 9.25. The molecule has 0 aliphatic carbocycles. The molecule has 0 fully saturated rings. The van der Waals surface area contributed by atoms with E-state index in [1.54, 1.807) is 6.26 Å². The highest BCUT2D eigenvalue weighted by atomic mass is 16.3. The van der Waals surface area contributed by atoms with E-state index in [2.05, 4.69) is 10.6 Å². The summed E-state index contributed by atoms with van der Waals surface area (Å²) < 4.78 is 5.20. The molecule has 15 heavy (non-hydrogen) atoms. The minimum atomic E-state index is 0.0240. The van der Waals surface area contributed by atoms with Crippen molar-refractivity contribution in [2.45, 2.75) is 26.3 Å². The van der Waals surface area contributed by atoms with Crippen molar-refractivity contribution in [1.82, 2.24) is 10.6 Å². The first-order valence-corrected chi connectivity index (χ1v) is 5.24. The van der Waals surface area contributed by atoms with Crippen LogP contribution in [-0.2, 0) is 11.2 Å². The Morgan fingerprint density at radius 3 is 3.00 bits per heavy atom. The molecular weight excluding hydrogens is 192 g/mol. The number of hydrogen-bond acceptors (Lipinski definition) is 3. The molecule has 4 heteroatoms. The first kappa shape index (κ1) is 11.8. The predicted molar refractivity (Wildman–Crippen MR) is 58.6 cm³/mol. The maximum Gasteiger partial charge on any atom is 0.234 e. The molecule has 2 N–H and O–H groups in total. The van der Waals surface area contributed by atoms with Gasteiger partial charge >= 0.3 is 0 Å². The molecule has 0 saturated heterocycles. The van der Waals surface area contributed by atoms with E-state index in [9.17, 15) is 4.79 Å². The smallest absolute Gasteiger partial charge is 0.234 e. The van der Waals surface area contributed by atoms with Crippen molar-refractivity contribution >= 4 is 5.91 Å². The summed E-state index contributed by atoms with van der Waals surface area (Å²) in [5.41, 5.74) is 0. The molecule has 0 aliphatic heterocycles. The molecule has 4 nitrogen and oxygen atoms in total. The Morgan fingerprint density at radius 1 is 1.60 bits per heavy atom. The number of rotatable bonds is 6. The third-order valence-corrected chi connectivity index (χ3v) is 2.03. The SMILES string of the molecule is CCNCC(=O)NC(C)Cc1ccco1. The van der Waals surface area contributed by atoms with Crippen LogP contribution in [0, 0.1) is 0 Å². The Bertz CT molecular complexity index is 283. The summed E-state index contributed by atoms with van der Waals surface area (Å²) in [6.45, 7) is 5.12. The van der Waals surface area contributed by atoms with Crippen LogP contribution in [0.1, 0.15) is 19.6 Å². The molecule has 1 atom stereocenters. The third kappa shape index (κ3) is 4.65. The Morgan fingerprint density at radius 2 is 2.40 bits per heavy atom. The van der Waals surface area contributed by atoms with Gasteiger partial charge in [0.25, 0.3) is 0 Å². The molecule has 1 rings (SSSR count). The van der Waals surface area contributed by atoms with E-state index >= 15 is 0 Å². The maximum atomic E-state index is 11.3. The summed E-state index contributed by atoms with van der Waals surface area (Å²) in [6, 6.07) is 3.86. The second-order valence-corrected chi connectivity index (χ2v) is 3.53. The van der Waals surface area contributed by atoms with Crippen LogP contribution in [0.25, 0.3) is 0 Å². The van der Waals surface area contributed by atoms with E-state index in [0.29, 0.717) is 6.54 Å². The van der Waals surface area contributed by atoms with Gasteiger partial charge in [0.2, 0.25) is 5.91 Å². The summed E-state index contributed by atoms with van der Waals surface area (Å²) in [4.78, 5) is 11.3. The van der Waals surface area contributed by atoms with Gasteiger partial charge in [-0.1, -0.05) is 6.92 Å². The minimum Gasteiger partial charge on any atom is -0.469 e. The van der Waals surface area contributed by atoms with Crippen molar-refractivity contribution in [3.05, 3.63) is 24.2 Å². The second-order valence-electron chi connectivity index (χ2n) is 3.53. The molecule has 1 aromatic heterocycles. The molecular formula is C11H18N2O2.